The van der Waals surface area contributed by atoms with Gasteiger partial charge in [-0.1, -0.05) is 38.2 Å². The van der Waals surface area contributed by atoms with E-state index in [1.54, 1.807) is 0 Å². The Morgan fingerprint density at radius 1 is 1.38 bits per heavy atom. The molecule has 0 saturated heterocycles. The first-order chi connectivity index (χ1) is 5.87. The van der Waals surface area contributed by atoms with Gasteiger partial charge in [-0.3, -0.25) is 0 Å². The minimum atomic E-state index is -0.954. The van der Waals surface area contributed by atoms with Crippen LogP contribution in [-0.2, 0) is 4.79 Å². The Hall–Kier alpha value is -0.373. The largest absolute Gasteiger partial charge is 0.303 e. The van der Waals surface area contributed by atoms with Crippen LogP contribution >= 0.6 is 0 Å². The van der Waals surface area contributed by atoms with E-state index in [0.717, 1.165) is 6.29 Å². The van der Waals surface area contributed by atoms with Gasteiger partial charge in [0.2, 0.25) is 0 Å². The van der Waals surface area contributed by atoms with Crippen LogP contribution < -0.4 is 0 Å². The van der Waals surface area contributed by atoms with Crippen molar-refractivity contribution in [3.63, 3.8) is 0 Å². The zero-order valence-electron chi connectivity index (χ0n) is 9.55. The molecule has 0 aromatic rings. The molecule has 76 valence electrons. The topological polar surface area (TPSA) is 17.1 Å². The Balaban J connectivity index is 4.08. The van der Waals surface area contributed by atoms with Gasteiger partial charge in [0, 0.05) is 14.5 Å². The van der Waals surface area contributed by atoms with Crippen LogP contribution in [0, 0.1) is 5.92 Å². The molecule has 0 aliphatic heterocycles. The Morgan fingerprint density at radius 3 is 2.31 bits per heavy atom. The molecule has 0 aromatic carbocycles. The van der Waals surface area contributed by atoms with Crippen LogP contribution in [0.25, 0.3) is 0 Å². The summed E-state index contributed by atoms with van der Waals surface area (Å²) in [5.74, 6) is 0.425. The smallest absolute Gasteiger partial charge is 0.120 e. The number of aldehydes is 1. The highest BCUT2D eigenvalue weighted by Gasteiger charge is 2.11. The zero-order chi connectivity index (χ0) is 10.5. The normalized spacial score (nSPS) is 15.6. The van der Waals surface area contributed by atoms with Crippen molar-refractivity contribution in [3.05, 3.63) is 11.6 Å². The van der Waals surface area contributed by atoms with Crippen LogP contribution in [0.15, 0.2) is 11.6 Å². The first-order valence-electron chi connectivity index (χ1n) is 4.97. The van der Waals surface area contributed by atoms with Gasteiger partial charge in [-0.15, -0.1) is 0 Å². The van der Waals surface area contributed by atoms with Gasteiger partial charge in [0.1, 0.15) is 6.29 Å². The lowest BCUT2D eigenvalue weighted by molar-refractivity contribution is -0.108. The summed E-state index contributed by atoms with van der Waals surface area (Å²) in [6.45, 7) is 11.3. The van der Waals surface area contributed by atoms with Gasteiger partial charge in [0.05, 0.1) is 0 Å². The highest BCUT2D eigenvalue weighted by atomic mass is 28.3. The van der Waals surface area contributed by atoms with Crippen LogP contribution in [0.1, 0.15) is 20.3 Å². The van der Waals surface area contributed by atoms with Crippen LogP contribution in [0.3, 0.4) is 0 Å². The Morgan fingerprint density at radius 2 is 1.92 bits per heavy atom. The van der Waals surface area contributed by atoms with Crippen LogP contribution in [0.5, 0.6) is 0 Å². The number of allylic oxidation sites excluding steroid dienone is 2. The lowest BCUT2D eigenvalue weighted by atomic mass is 10.00. The summed E-state index contributed by atoms with van der Waals surface area (Å²) in [7, 11) is -0.954. The first kappa shape index (κ1) is 12.6. The van der Waals surface area contributed by atoms with Crippen LogP contribution in [0.2, 0.25) is 25.7 Å². The monoisotopic (exact) mass is 198 g/mol. The standard InChI is InChI=1S/C11H22OSi/c1-10(6-8-12)11(2)7-9-13(3,4)5/h7-8,10H,6,9H2,1-5H3/b11-7+. The van der Waals surface area contributed by atoms with Crippen molar-refractivity contribution in [3.8, 4) is 0 Å². The molecule has 0 aliphatic carbocycles. The van der Waals surface area contributed by atoms with Gasteiger partial charge in [0.25, 0.3) is 0 Å². The molecule has 0 rings (SSSR count). The maximum absolute atomic E-state index is 10.3. The molecule has 2 heteroatoms. The second-order valence-corrected chi connectivity index (χ2v) is 10.5. The van der Waals surface area contributed by atoms with E-state index >= 15 is 0 Å². The maximum atomic E-state index is 10.3. The summed E-state index contributed by atoms with van der Waals surface area (Å²) in [6, 6.07) is 1.22. The van der Waals surface area contributed by atoms with Gasteiger partial charge in [-0.2, -0.15) is 0 Å². The molecule has 0 radical (unpaired) electrons. The van der Waals surface area contributed by atoms with Crippen molar-refractivity contribution < 1.29 is 4.79 Å². The molecule has 0 N–H and O–H groups in total. The molecular weight excluding hydrogens is 176 g/mol. The lowest BCUT2D eigenvalue weighted by Gasteiger charge is -2.15. The van der Waals surface area contributed by atoms with Crippen molar-refractivity contribution in [2.75, 3.05) is 0 Å². The molecule has 0 aromatic heterocycles. The van der Waals surface area contributed by atoms with Gasteiger partial charge >= 0.3 is 0 Å². The molecule has 0 amide bonds. The fourth-order valence-corrected chi connectivity index (χ4v) is 1.93. The number of hydrogen-bond acceptors (Lipinski definition) is 1. The van der Waals surface area contributed by atoms with E-state index in [0.29, 0.717) is 12.3 Å². The number of rotatable bonds is 5. The van der Waals surface area contributed by atoms with E-state index < -0.39 is 8.07 Å². The van der Waals surface area contributed by atoms with E-state index in [1.807, 2.05) is 0 Å². The molecule has 0 fully saturated rings. The Labute approximate surface area is 83.2 Å². The fourth-order valence-electron chi connectivity index (χ4n) is 0.999. The van der Waals surface area contributed by atoms with Gasteiger partial charge in [-0.25, -0.2) is 0 Å². The number of hydrogen-bond donors (Lipinski definition) is 0. The highest BCUT2D eigenvalue weighted by molar-refractivity contribution is 6.76. The van der Waals surface area contributed by atoms with E-state index in [-0.39, 0.29) is 0 Å². The number of carbonyl (C=O) groups excluding carboxylic acids is 1. The maximum Gasteiger partial charge on any atom is 0.120 e. The van der Waals surface area contributed by atoms with Gasteiger partial charge < -0.3 is 4.79 Å². The summed E-state index contributed by atoms with van der Waals surface area (Å²) in [5.41, 5.74) is 1.37. The molecule has 0 spiro atoms. The van der Waals surface area contributed by atoms with Crippen molar-refractivity contribution in [2.45, 2.75) is 46.0 Å². The summed E-state index contributed by atoms with van der Waals surface area (Å²) < 4.78 is 0. The van der Waals surface area contributed by atoms with Gasteiger partial charge in [-0.05, 0) is 18.9 Å². The fraction of sp³-hybridized carbons (Fsp3) is 0.727. The lowest BCUT2D eigenvalue weighted by Crippen LogP contribution is -2.17. The Bertz CT molecular complexity index is 189. The molecule has 13 heavy (non-hydrogen) atoms. The summed E-state index contributed by atoms with van der Waals surface area (Å²) in [4.78, 5) is 10.3. The molecule has 0 saturated carbocycles. The van der Waals surface area contributed by atoms with E-state index in [2.05, 4.69) is 39.6 Å². The van der Waals surface area contributed by atoms with Crippen molar-refractivity contribution in [2.24, 2.45) is 5.92 Å². The summed E-state index contributed by atoms with van der Waals surface area (Å²) in [6.07, 6.45) is 3.99. The third kappa shape index (κ3) is 6.76. The second-order valence-electron chi connectivity index (χ2n) is 5.02. The molecule has 1 nitrogen and oxygen atoms in total. The minimum Gasteiger partial charge on any atom is -0.303 e. The molecule has 0 heterocycles. The van der Waals surface area contributed by atoms with E-state index in [4.69, 9.17) is 0 Å². The van der Waals surface area contributed by atoms with Crippen molar-refractivity contribution >= 4 is 14.4 Å². The average molecular weight is 198 g/mol. The average Bonchev–Trinajstić information content (AvgIpc) is 1.99. The second kappa shape index (κ2) is 5.38. The number of carbonyl (C=O) groups is 1. The molecule has 0 bridgehead atoms. The molecular formula is C11H22OSi. The molecule has 1 unspecified atom stereocenters. The third-order valence-corrected chi connectivity index (χ3v) is 3.69. The van der Waals surface area contributed by atoms with E-state index in [1.165, 1.54) is 11.6 Å². The predicted octanol–water partition coefficient (Wildman–Crippen LogP) is 3.50. The molecule has 1 atom stereocenters. The highest BCUT2D eigenvalue weighted by Crippen LogP contribution is 2.17. The summed E-state index contributed by atoms with van der Waals surface area (Å²) >= 11 is 0. The predicted molar refractivity (Wildman–Crippen MR) is 61.8 cm³/mol. The van der Waals surface area contributed by atoms with Crippen LogP contribution in [0.4, 0.5) is 0 Å². The van der Waals surface area contributed by atoms with Crippen molar-refractivity contribution in [1.29, 1.82) is 0 Å². The SMILES string of the molecule is C/C(=C\C[Si](C)(C)C)C(C)CC=O. The summed E-state index contributed by atoms with van der Waals surface area (Å²) in [5, 5.41) is 0. The minimum absolute atomic E-state index is 0.425. The van der Waals surface area contributed by atoms with Gasteiger partial charge in [0.15, 0.2) is 0 Å². The van der Waals surface area contributed by atoms with Crippen LogP contribution in [-0.4, -0.2) is 14.4 Å². The zero-order valence-corrected chi connectivity index (χ0v) is 10.6. The first-order valence-corrected chi connectivity index (χ1v) is 8.68. The molecule has 0 aliphatic rings. The quantitative estimate of drug-likeness (QED) is 0.375. The van der Waals surface area contributed by atoms with E-state index in [9.17, 15) is 4.79 Å². The Kier molecular flexibility index (Phi) is 5.22. The third-order valence-electron chi connectivity index (χ3n) is 2.26. The van der Waals surface area contributed by atoms with Crippen molar-refractivity contribution in [1.82, 2.24) is 0 Å².